The average molecular weight is 299 g/mol. The summed E-state index contributed by atoms with van der Waals surface area (Å²) in [5, 5.41) is 0. The molecule has 0 saturated heterocycles. The van der Waals surface area contributed by atoms with E-state index in [1.165, 1.54) is 11.1 Å². The van der Waals surface area contributed by atoms with Crippen LogP contribution in [-0.4, -0.2) is 20.3 Å². The van der Waals surface area contributed by atoms with Crippen molar-refractivity contribution in [2.24, 2.45) is 5.73 Å². The molecule has 0 heterocycles. The first kappa shape index (κ1) is 16.4. The zero-order valence-corrected chi connectivity index (χ0v) is 13.4. The number of para-hydroxylation sites is 1. The second-order valence-corrected chi connectivity index (χ2v) is 5.37. The Morgan fingerprint density at radius 3 is 2.41 bits per heavy atom. The monoisotopic (exact) mass is 299 g/mol. The Bertz CT molecular complexity index is 566. The van der Waals surface area contributed by atoms with Crippen molar-refractivity contribution in [2.75, 3.05) is 20.3 Å². The van der Waals surface area contributed by atoms with Crippen molar-refractivity contribution >= 4 is 0 Å². The molecule has 0 aliphatic rings. The van der Waals surface area contributed by atoms with Gasteiger partial charge in [-0.2, -0.15) is 0 Å². The molecule has 0 aliphatic heterocycles. The molecule has 2 aromatic carbocycles. The van der Waals surface area contributed by atoms with Crippen molar-refractivity contribution in [1.82, 2.24) is 0 Å². The van der Waals surface area contributed by atoms with Gasteiger partial charge in [-0.25, -0.2) is 0 Å². The van der Waals surface area contributed by atoms with Crippen LogP contribution < -0.4 is 15.2 Å². The smallest absolute Gasteiger partial charge is 0.122 e. The quantitative estimate of drug-likeness (QED) is 0.807. The van der Waals surface area contributed by atoms with E-state index in [1.54, 1.807) is 7.11 Å². The number of hydrogen-bond acceptors (Lipinski definition) is 3. The summed E-state index contributed by atoms with van der Waals surface area (Å²) in [4.78, 5) is 0. The fraction of sp³-hybridized carbons (Fsp3) is 0.368. The van der Waals surface area contributed by atoms with Gasteiger partial charge in [0, 0.05) is 5.92 Å². The van der Waals surface area contributed by atoms with E-state index in [1.807, 2.05) is 24.3 Å². The van der Waals surface area contributed by atoms with E-state index in [2.05, 4.69) is 31.2 Å². The van der Waals surface area contributed by atoms with Gasteiger partial charge in [0.25, 0.3) is 0 Å². The number of methoxy groups -OCH3 is 1. The summed E-state index contributed by atoms with van der Waals surface area (Å²) in [6.45, 7) is 3.46. The molecule has 0 spiro atoms. The third kappa shape index (κ3) is 4.25. The molecule has 22 heavy (non-hydrogen) atoms. The molecule has 118 valence electrons. The van der Waals surface area contributed by atoms with Gasteiger partial charge in [0.05, 0.1) is 13.7 Å². The standard InChI is InChI=1S/C19H25NO2/c1-3-12-22-19-7-5-4-6-16(19)13-17(14-20)15-8-10-18(21-2)11-9-15/h4-11,17H,3,12-14,20H2,1-2H3. The van der Waals surface area contributed by atoms with Gasteiger partial charge in [-0.05, 0) is 48.7 Å². The van der Waals surface area contributed by atoms with Gasteiger partial charge in [0.15, 0.2) is 0 Å². The molecular weight excluding hydrogens is 274 g/mol. The van der Waals surface area contributed by atoms with E-state index in [9.17, 15) is 0 Å². The average Bonchev–Trinajstić information content (AvgIpc) is 2.59. The molecule has 0 saturated carbocycles. The molecule has 2 rings (SSSR count). The first-order valence-electron chi connectivity index (χ1n) is 7.83. The van der Waals surface area contributed by atoms with E-state index in [-0.39, 0.29) is 5.92 Å². The lowest BCUT2D eigenvalue weighted by molar-refractivity contribution is 0.313. The fourth-order valence-corrected chi connectivity index (χ4v) is 2.50. The molecule has 0 bridgehead atoms. The second kappa shape index (κ2) is 8.44. The van der Waals surface area contributed by atoms with Gasteiger partial charge in [-0.3, -0.25) is 0 Å². The van der Waals surface area contributed by atoms with Gasteiger partial charge in [0.2, 0.25) is 0 Å². The number of nitrogens with two attached hydrogens (primary N) is 1. The van der Waals surface area contributed by atoms with Crippen LogP contribution >= 0.6 is 0 Å². The highest BCUT2D eigenvalue weighted by Gasteiger charge is 2.13. The van der Waals surface area contributed by atoms with Crippen LogP contribution in [-0.2, 0) is 6.42 Å². The Labute approximate surface area is 133 Å². The molecular formula is C19H25NO2. The van der Waals surface area contributed by atoms with Crippen molar-refractivity contribution in [3.63, 3.8) is 0 Å². The normalized spacial score (nSPS) is 12.0. The maximum absolute atomic E-state index is 6.00. The SMILES string of the molecule is CCCOc1ccccc1CC(CN)c1ccc(OC)cc1. The second-order valence-electron chi connectivity index (χ2n) is 5.37. The molecule has 1 unspecified atom stereocenters. The number of ether oxygens (including phenoxy) is 2. The number of hydrogen-bond donors (Lipinski definition) is 1. The zero-order valence-electron chi connectivity index (χ0n) is 13.4. The van der Waals surface area contributed by atoms with E-state index < -0.39 is 0 Å². The van der Waals surface area contributed by atoms with E-state index in [0.29, 0.717) is 6.54 Å². The summed E-state index contributed by atoms with van der Waals surface area (Å²) in [6, 6.07) is 16.4. The predicted octanol–water partition coefficient (Wildman–Crippen LogP) is 3.77. The minimum atomic E-state index is 0.275. The van der Waals surface area contributed by atoms with Crippen LogP contribution in [0.25, 0.3) is 0 Å². The lowest BCUT2D eigenvalue weighted by Gasteiger charge is -2.18. The van der Waals surface area contributed by atoms with Gasteiger partial charge in [-0.1, -0.05) is 37.3 Å². The molecule has 2 aromatic rings. The molecule has 3 nitrogen and oxygen atoms in total. The van der Waals surface area contributed by atoms with E-state index in [0.717, 1.165) is 30.9 Å². The molecule has 2 N–H and O–H groups in total. The molecule has 0 fully saturated rings. The largest absolute Gasteiger partial charge is 0.497 e. The number of benzene rings is 2. The molecule has 3 heteroatoms. The summed E-state index contributed by atoms with van der Waals surface area (Å²) in [5.74, 6) is 2.11. The Kier molecular flexibility index (Phi) is 6.28. The predicted molar refractivity (Wildman–Crippen MR) is 90.7 cm³/mol. The lowest BCUT2D eigenvalue weighted by Crippen LogP contribution is -2.15. The van der Waals surface area contributed by atoms with Crippen LogP contribution in [0.2, 0.25) is 0 Å². The minimum Gasteiger partial charge on any atom is -0.497 e. The van der Waals surface area contributed by atoms with Gasteiger partial charge < -0.3 is 15.2 Å². The lowest BCUT2D eigenvalue weighted by atomic mass is 9.91. The van der Waals surface area contributed by atoms with Crippen molar-refractivity contribution < 1.29 is 9.47 Å². The Balaban J connectivity index is 2.15. The maximum atomic E-state index is 6.00. The highest BCUT2D eigenvalue weighted by Crippen LogP contribution is 2.27. The van der Waals surface area contributed by atoms with Crippen LogP contribution in [0.5, 0.6) is 11.5 Å². The van der Waals surface area contributed by atoms with Crippen LogP contribution in [0.1, 0.15) is 30.4 Å². The topological polar surface area (TPSA) is 44.5 Å². The summed E-state index contributed by atoms with van der Waals surface area (Å²) < 4.78 is 11.1. The van der Waals surface area contributed by atoms with Crippen molar-refractivity contribution in [3.8, 4) is 11.5 Å². The molecule has 0 aromatic heterocycles. The maximum Gasteiger partial charge on any atom is 0.122 e. The third-order valence-electron chi connectivity index (χ3n) is 3.77. The summed E-state index contributed by atoms with van der Waals surface area (Å²) in [6.07, 6.45) is 1.88. The third-order valence-corrected chi connectivity index (χ3v) is 3.77. The Morgan fingerprint density at radius 2 is 1.77 bits per heavy atom. The fourth-order valence-electron chi connectivity index (χ4n) is 2.50. The Morgan fingerprint density at radius 1 is 1.05 bits per heavy atom. The van der Waals surface area contributed by atoms with Gasteiger partial charge in [0.1, 0.15) is 11.5 Å². The molecule has 0 amide bonds. The van der Waals surface area contributed by atoms with Crippen molar-refractivity contribution in [1.29, 1.82) is 0 Å². The van der Waals surface area contributed by atoms with E-state index >= 15 is 0 Å². The highest BCUT2D eigenvalue weighted by molar-refractivity contribution is 5.36. The molecule has 0 radical (unpaired) electrons. The van der Waals surface area contributed by atoms with Gasteiger partial charge in [-0.15, -0.1) is 0 Å². The van der Waals surface area contributed by atoms with Crippen molar-refractivity contribution in [2.45, 2.75) is 25.7 Å². The molecule has 0 aliphatic carbocycles. The minimum absolute atomic E-state index is 0.275. The zero-order chi connectivity index (χ0) is 15.8. The summed E-state index contributed by atoms with van der Waals surface area (Å²) in [5.41, 5.74) is 8.44. The van der Waals surface area contributed by atoms with Gasteiger partial charge >= 0.3 is 0 Å². The van der Waals surface area contributed by atoms with Crippen LogP contribution in [0.3, 0.4) is 0 Å². The van der Waals surface area contributed by atoms with Crippen LogP contribution in [0.15, 0.2) is 48.5 Å². The van der Waals surface area contributed by atoms with Crippen LogP contribution in [0.4, 0.5) is 0 Å². The van der Waals surface area contributed by atoms with Crippen molar-refractivity contribution in [3.05, 3.63) is 59.7 Å². The van der Waals surface area contributed by atoms with E-state index in [4.69, 9.17) is 15.2 Å². The molecule has 1 atom stereocenters. The first-order valence-corrected chi connectivity index (χ1v) is 7.83. The Hall–Kier alpha value is -2.00. The highest BCUT2D eigenvalue weighted by atomic mass is 16.5. The van der Waals surface area contributed by atoms with Crippen LogP contribution in [0, 0.1) is 0 Å². The first-order chi connectivity index (χ1) is 10.8. The summed E-state index contributed by atoms with van der Waals surface area (Å²) in [7, 11) is 1.68. The number of rotatable bonds is 8. The summed E-state index contributed by atoms with van der Waals surface area (Å²) >= 11 is 0.